The van der Waals surface area contributed by atoms with Crippen LogP contribution in [0.25, 0.3) is 27.8 Å². The molecule has 0 spiro atoms. The average Bonchev–Trinajstić information content (AvgIpc) is 3.22. The van der Waals surface area contributed by atoms with Crippen molar-refractivity contribution in [3.63, 3.8) is 0 Å². The fourth-order valence-corrected chi connectivity index (χ4v) is 3.43. The van der Waals surface area contributed by atoms with Gasteiger partial charge in [0.05, 0.1) is 5.52 Å². The standard InChI is InChI=1S/C22H16FN5/c1-27(18-8-3-2-4-9-18)21-19-11-10-16(15-6-5-7-17(23)12-15)13-20(19)28-14-24-26-22(28)25-21/h2-14H,1H3. The molecule has 0 aliphatic rings. The van der Waals surface area contributed by atoms with E-state index < -0.39 is 0 Å². The Bertz CT molecular complexity index is 1300. The lowest BCUT2D eigenvalue weighted by atomic mass is 10.0. The summed E-state index contributed by atoms with van der Waals surface area (Å²) >= 11 is 0. The van der Waals surface area contributed by atoms with Crippen LogP contribution in [0.2, 0.25) is 0 Å². The maximum absolute atomic E-state index is 13.7. The lowest BCUT2D eigenvalue weighted by Gasteiger charge is -2.20. The summed E-state index contributed by atoms with van der Waals surface area (Å²) in [5.41, 5.74) is 3.67. The Labute approximate surface area is 160 Å². The molecule has 0 fully saturated rings. The first-order valence-corrected chi connectivity index (χ1v) is 8.89. The van der Waals surface area contributed by atoms with Crippen molar-refractivity contribution in [2.45, 2.75) is 0 Å². The van der Waals surface area contributed by atoms with E-state index in [0.29, 0.717) is 5.78 Å². The minimum atomic E-state index is -0.258. The zero-order valence-electron chi connectivity index (χ0n) is 15.1. The lowest BCUT2D eigenvalue weighted by molar-refractivity contribution is 0.628. The molecule has 0 saturated carbocycles. The van der Waals surface area contributed by atoms with Crippen LogP contribution in [0.1, 0.15) is 0 Å². The third kappa shape index (κ3) is 2.66. The first kappa shape index (κ1) is 16.4. The highest BCUT2D eigenvalue weighted by molar-refractivity contribution is 5.95. The topological polar surface area (TPSA) is 46.3 Å². The minimum absolute atomic E-state index is 0.258. The van der Waals surface area contributed by atoms with E-state index in [2.05, 4.69) is 10.2 Å². The molecular formula is C22H16FN5. The molecule has 5 aromatic rings. The summed E-state index contributed by atoms with van der Waals surface area (Å²) in [6.07, 6.45) is 1.65. The minimum Gasteiger partial charge on any atom is -0.329 e. The highest BCUT2D eigenvalue weighted by Crippen LogP contribution is 2.32. The van der Waals surface area contributed by atoms with E-state index in [1.54, 1.807) is 12.4 Å². The van der Waals surface area contributed by atoms with Crippen molar-refractivity contribution in [1.29, 1.82) is 0 Å². The Morgan fingerprint density at radius 1 is 0.893 bits per heavy atom. The quantitative estimate of drug-likeness (QED) is 0.456. The highest BCUT2D eigenvalue weighted by Gasteiger charge is 2.15. The van der Waals surface area contributed by atoms with Gasteiger partial charge < -0.3 is 4.90 Å². The van der Waals surface area contributed by atoms with Crippen LogP contribution in [0.3, 0.4) is 0 Å². The number of rotatable bonds is 3. The van der Waals surface area contributed by atoms with E-state index in [-0.39, 0.29) is 5.82 Å². The second-order valence-electron chi connectivity index (χ2n) is 6.57. The number of fused-ring (bicyclic) bond motifs is 3. The molecule has 0 aliphatic carbocycles. The smallest absolute Gasteiger partial charge is 0.257 e. The molecule has 2 aromatic heterocycles. The predicted octanol–water partition coefficient (Wildman–Crippen LogP) is 4.85. The number of benzene rings is 3. The maximum atomic E-state index is 13.7. The van der Waals surface area contributed by atoms with Gasteiger partial charge in [-0.3, -0.25) is 4.40 Å². The van der Waals surface area contributed by atoms with Crippen LogP contribution in [0.5, 0.6) is 0 Å². The monoisotopic (exact) mass is 369 g/mol. The van der Waals surface area contributed by atoms with Gasteiger partial charge in [-0.1, -0.05) is 36.4 Å². The van der Waals surface area contributed by atoms with Gasteiger partial charge in [-0.25, -0.2) is 4.39 Å². The summed E-state index contributed by atoms with van der Waals surface area (Å²) in [6, 6.07) is 22.6. The molecule has 0 saturated heterocycles. The van der Waals surface area contributed by atoms with Gasteiger partial charge in [0.2, 0.25) is 0 Å². The number of hydrogen-bond acceptors (Lipinski definition) is 4. The van der Waals surface area contributed by atoms with E-state index >= 15 is 0 Å². The number of hydrogen-bond donors (Lipinski definition) is 0. The molecule has 0 N–H and O–H groups in total. The fourth-order valence-electron chi connectivity index (χ4n) is 3.43. The third-order valence-electron chi connectivity index (χ3n) is 4.85. The molecular weight excluding hydrogens is 353 g/mol. The Kier molecular flexibility index (Phi) is 3.76. The zero-order valence-corrected chi connectivity index (χ0v) is 15.1. The first-order valence-electron chi connectivity index (χ1n) is 8.89. The van der Waals surface area contributed by atoms with Gasteiger partial charge in [0.15, 0.2) is 0 Å². The molecule has 0 radical (unpaired) electrons. The van der Waals surface area contributed by atoms with Gasteiger partial charge in [-0.2, -0.15) is 4.98 Å². The maximum Gasteiger partial charge on any atom is 0.257 e. The van der Waals surface area contributed by atoms with Gasteiger partial charge >= 0.3 is 0 Å². The van der Waals surface area contributed by atoms with Gasteiger partial charge in [-0.15, -0.1) is 10.2 Å². The van der Waals surface area contributed by atoms with Crippen LogP contribution in [-0.4, -0.2) is 26.6 Å². The normalized spacial score (nSPS) is 11.2. The van der Waals surface area contributed by atoms with E-state index in [0.717, 1.165) is 33.5 Å². The van der Waals surface area contributed by atoms with E-state index in [1.165, 1.54) is 12.1 Å². The fraction of sp³-hybridized carbons (Fsp3) is 0.0455. The van der Waals surface area contributed by atoms with Gasteiger partial charge in [0.1, 0.15) is 18.0 Å². The number of para-hydroxylation sites is 1. The Morgan fingerprint density at radius 3 is 2.54 bits per heavy atom. The van der Waals surface area contributed by atoms with Crippen molar-refractivity contribution in [2.24, 2.45) is 0 Å². The van der Waals surface area contributed by atoms with Crippen molar-refractivity contribution in [3.8, 4) is 11.1 Å². The number of anilines is 2. The zero-order chi connectivity index (χ0) is 19.1. The molecule has 0 bridgehead atoms. The van der Waals surface area contributed by atoms with Gasteiger partial charge in [0.25, 0.3) is 5.78 Å². The van der Waals surface area contributed by atoms with Crippen molar-refractivity contribution in [3.05, 3.63) is 84.9 Å². The Balaban J connectivity index is 1.76. The van der Waals surface area contributed by atoms with E-state index in [1.807, 2.05) is 70.9 Å². The molecule has 6 heteroatoms. The molecule has 28 heavy (non-hydrogen) atoms. The van der Waals surface area contributed by atoms with E-state index in [4.69, 9.17) is 4.98 Å². The SMILES string of the molecule is CN(c1ccccc1)c1nc2nncn2c2cc(-c3cccc(F)c3)ccc12. The first-order chi connectivity index (χ1) is 13.7. The number of halogens is 1. The molecule has 0 amide bonds. The summed E-state index contributed by atoms with van der Waals surface area (Å²) in [4.78, 5) is 6.74. The third-order valence-corrected chi connectivity index (χ3v) is 4.85. The highest BCUT2D eigenvalue weighted by atomic mass is 19.1. The van der Waals surface area contributed by atoms with E-state index in [9.17, 15) is 4.39 Å². The number of aromatic nitrogens is 4. The summed E-state index contributed by atoms with van der Waals surface area (Å²) in [7, 11) is 1.98. The van der Waals surface area contributed by atoms with Gasteiger partial charge in [0, 0.05) is 18.1 Å². The summed E-state index contributed by atoms with van der Waals surface area (Å²) < 4.78 is 15.5. The average molecular weight is 369 g/mol. The summed E-state index contributed by atoms with van der Waals surface area (Å²) in [6.45, 7) is 0. The van der Waals surface area contributed by atoms with Crippen molar-refractivity contribution < 1.29 is 4.39 Å². The van der Waals surface area contributed by atoms with Crippen molar-refractivity contribution in [1.82, 2.24) is 19.6 Å². The molecule has 136 valence electrons. The molecule has 5 nitrogen and oxygen atoms in total. The second kappa shape index (κ2) is 6.42. The van der Waals surface area contributed by atoms with Gasteiger partial charge in [-0.05, 0) is 47.5 Å². The molecule has 0 atom stereocenters. The van der Waals surface area contributed by atoms with Crippen molar-refractivity contribution >= 4 is 28.2 Å². The molecule has 5 rings (SSSR count). The summed E-state index contributed by atoms with van der Waals surface area (Å²) in [5, 5.41) is 9.11. The Morgan fingerprint density at radius 2 is 1.71 bits per heavy atom. The predicted molar refractivity (Wildman–Crippen MR) is 108 cm³/mol. The molecule has 0 unspecified atom stereocenters. The van der Waals surface area contributed by atoms with Crippen LogP contribution in [0.15, 0.2) is 79.1 Å². The number of nitrogens with zero attached hydrogens (tertiary/aromatic N) is 5. The Hall–Kier alpha value is -3.80. The van der Waals surface area contributed by atoms with Crippen LogP contribution in [-0.2, 0) is 0 Å². The molecule has 2 heterocycles. The van der Waals surface area contributed by atoms with Crippen LogP contribution in [0, 0.1) is 5.82 Å². The van der Waals surface area contributed by atoms with Crippen LogP contribution in [0.4, 0.5) is 15.9 Å². The summed E-state index contributed by atoms with van der Waals surface area (Å²) in [5.74, 6) is 1.04. The molecule has 0 aliphatic heterocycles. The second-order valence-corrected chi connectivity index (χ2v) is 6.57. The van der Waals surface area contributed by atoms with Crippen LogP contribution < -0.4 is 4.90 Å². The largest absolute Gasteiger partial charge is 0.329 e. The van der Waals surface area contributed by atoms with Crippen LogP contribution >= 0.6 is 0 Å². The lowest BCUT2D eigenvalue weighted by Crippen LogP contribution is -2.12. The van der Waals surface area contributed by atoms with Crippen molar-refractivity contribution in [2.75, 3.05) is 11.9 Å². The molecule has 3 aromatic carbocycles.